The normalized spacial score (nSPS) is 16.6. The van der Waals surface area contributed by atoms with Gasteiger partial charge in [-0.15, -0.1) is 0 Å². The van der Waals surface area contributed by atoms with Crippen LogP contribution in [0.1, 0.15) is 5.76 Å². The molecular weight excluding hydrogens is 349 g/mol. The molecule has 21 heavy (non-hydrogen) atoms. The monoisotopic (exact) mass is 355 g/mol. The highest BCUT2D eigenvalue weighted by Crippen LogP contribution is 2.31. The number of benzene rings is 1. The summed E-state index contributed by atoms with van der Waals surface area (Å²) in [5, 5.41) is 3.62. The highest BCUT2D eigenvalue weighted by atomic mass is 35.5. The van der Waals surface area contributed by atoms with Gasteiger partial charge in [-0.1, -0.05) is 47.2 Å². The minimum atomic E-state index is -0.214. The first-order valence-corrected chi connectivity index (χ1v) is 7.80. The molecule has 0 bridgehead atoms. The van der Waals surface area contributed by atoms with E-state index in [1.54, 1.807) is 36.4 Å². The van der Waals surface area contributed by atoms with Gasteiger partial charge in [0.05, 0.1) is 4.91 Å². The van der Waals surface area contributed by atoms with Crippen LogP contribution in [0.25, 0.3) is 17.4 Å². The summed E-state index contributed by atoms with van der Waals surface area (Å²) >= 11 is 18.1. The molecule has 1 fully saturated rings. The van der Waals surface area contributed by atoms with E-state index in [0.29, 0.717) is 30.8 Å². The van der Waals surface area contributed by atoms with Crippen LogP contribution in [-0.4, -0.2) is 10.2 Å². The van der Waals surface area contributed by atoms with Crippen LogP contribution in [0.3, 0.4) is 0 Å². The quantitative estimate of drug-likeness (QED) is 0.623. The second kappa shape index (κ2) is 5.85. The summed E-state index contributed by atoms with van der Waals surface area (Å²) in [6.07, 6.45) is 1.65. The number of furan rings is 1. The Morgan fingerprint density at radius 1 is 1.19 bits per heavy atom. The van der Waals surface area contributed by atoms with Gasteiger partial charge >= 0.3 is 0 Å². The molecule has 2 aromatic rings. The maximum absolute atomic E-state index is 11.6. The van der Waals surface area contributed by atoms with E-state index in [2.05, 4.69) is 5.32 Å². The number of halogens is 2. The van der Waals surface area contributed by atoms with Crippen LogP contribution in [0.2, 0.25) is 10.0 Å². The molecule has 2 heterocycles. The molecule has 1 aliphatic rings. The number of hydrogen-bond donors (Lipinski definition) is 1. The molecule has 0 saturated carbocycles. The highest BCUT2D eigenvalue weighted by Gasteiger charge is 2.22. The second-order valence-electron chi connectivity index (χ2n) is 4.21. The maximum atomic E-state index is 11.6. The molecule has 1 N–H and O–H groups in total. The lowest BCUT2D eigenvalue weighted by molar-refractivity contribution is -0.115. The minimum Gasteiger partial charge on any atom is -0.457 e. The Bertz CT molecular complexity index is 763. The number of hydrogen-bond acceptors (Lipinski definition) is 4. The Kier molecular flexibility index (Phi) is 4.08. The average molecular weight is 356 g/mol. The van der Waals surface area contributed by atoms with Gasteiger partial charge < -0.3 is 9.73 Å². The highest BCUT2D eigenvalue weighted by molar-refractivity contribution is 8.26. The van der Waals surface area contributed by atoms with E-state index in [-0.39, 0.29) is 5.91 Å². The van der Waals surface area contributed by atoms with Crippen molar-refractivity contribution < 1.29 is 9.21 Å². The first-order chi connectivity index (χ1) is 10.0. The third-order valence-corrected chi connectivity index (χ3v) is 4.29. The van der Waals surface area contributed by atoms with Crippen LogP contribution in [0, 0.1) is 0 Å². The van der Waals surface area contributed by atoms with Crippen molar-refractivity contribution in [3.8, 4) is 11.3 Å². The van der Waals surface area contributed by atoms with Crippen molar-refractivity contribution in [1.29, 1.82) is 0 Å². The predicted octanol–water partition coefficient (Wildman–Crippen LogP) is 4.74. The Balaban J connectivity index is 1.92. The van der Waals surface area contributed by atoms with E-state index >= 15 is 0 Å². The van der Waals surface area contributed by atoms with E-state index in [9.17, 15) is 4.79 Å². The smallest absolute Gasteiger partial charge is 0.263 e. The number of amides is 1. The van der Waals surface area contributed by atoms with E-state index in [0.717, 1.165) is 5.56 Å². The van der Waals surface area contributed by atoms with Crippen molar-refractivity contribution in [3.05, 3.63) is 51.0 Å². The molecular formula is C14H7Cl2NO2S2. The molecule has 0 atom stereocenters. The summed E-state index contributed by atoms with van der Waals surface area (Å²) in [5.41, 5.74) is 0.774. The molecule has 106 valence electrons. The van der Waals surface area contributed by atoms with Crippen LogP contribution < -0.4 is 5.32 Å². The predicted molar refractivity (Wildman–Crippen MR) is 90.5 cm³/mol. The average Bonchev–Trinajstić information content (AvgIpc) is 2.96. The zero-order chi connectivity index (χ0) is 15.0. The lowest BCUT2D eigenvalue weighted by Gasteiger charge is -1.99. The van der Waals surface area contributed by atoms with Gasteiger partial charge in [0.1, 0.15) is 15.8 Å². The van der Waals surface area contributed by atoms with Crippen LogP contribution in [0.15, 0.2) is 39.7 Å². The fourth-order valence-corrected chi connectivity index (χ4v) is 3.38. The molecule has 0 radical (unpaired) electrons. The zero-order valence-corrected chi connectivity index (χ0v) is 13.5. The van der Waals surface area contributed by atoms with Crippen molar-refractivity contribution in [3.63, 3.8) is 0 Å². The van der Waals surface area contributed by atoms with Crippen LogP contribution >= 0.6 is 47.2 Å². The summed E-state index contributed by atoms with van der Waals surface area (Å²) in [4.78, 5) is 12.1. The van der Waals surface area contributed by atoms with Gasteiger partial charge in [0.2, 0.25) is 0 Å². The Labute approximate surface area is 140 Å². The topological polar surface area (TPSA) is 42.2 Å². The van der Waals surface area contributed by atoms with Gasteiger partial charge in [-0.25, -0.2) is 0 Å². The number of nitrogens with one attached hydrogen (secondary N) is 1. The molecule has 1 amide bonds. The molecule has 7 heteroatoms. The molecule has 0 spiro atoms. The standard InChI is InChI=1S/C14H7Cl2NO2S2/c15-8-3-7(4-9(16)5-8)11-2-1-10(19-11)6-12-13(18)17-14(20)21-12/h1-6H,(H,17,18,20)/b12-6-. The summed E-state index contributed by atoms with van der Waals surface area (Å²) in [6, 6.07) is 8.74. The van der Waals surface area contributed by atoms with Crippen molar-refractivity contribution in [1.82, 2.24) is 5.32 Å². The number of carbonyl (C=O) groups excluding carboxylic acids is 1. The molecule has 1 aliphatic heterocycles. The zero-order valence-electron chi connectivity index (χ0n) is 10.4. The van der Waals surface area contributed by atoms with Crippen LogP contribution in [-0.2, 0) is 4.79 Å². The van der Waals surface area contributed by atoms with Gasteiger partial charge in [-0.3, -0.25) is 4.79 Å². The lowest BCUT2D eigenvalue weighted by Crippen LogP contribution is -2.17. The maximum Gasteiger partial charge on any atom is 0.263 e. The summed E-state index contributed by atoms with van der Waals surface area (Å²) in [7, 11) is 0. The van der Waals surface area contributed by atoms with Gasteiger partial charge in [-0.2, -0.15) is 0 Å². The van der Waals surface area contributed by atoms with Gasteiger partial charge in [-0.05, 0) is 30.3 Å². The Hall–Kier alpha value is -1.27. The second-order valence-corrected chi connectivity index (χ2v) is 6.80. The fourth-order valence-electron chi connectivity index (χ4n) is 1.83. The molecule has 0 aliphatic carbocycles. The van der Waals surface area contributed by atoms with Crippen LogP contribution in [0.5, 0.6) is 0 Å². The number of rotatable bonds is 2. The number of thioether (sulfide) groups is 1. The van der Waals surface area contributed by atoms with E-state index in [1.807, 2.05) is 0 Å². The van der Waals surface area contributed by atoms with E-state index in [4.69, 9.17) is 39.8 Å². The number of thiocarbonyl (C=S) groups is 1. The summed E-state index contributed by atoms with van der Waals surface area (Å²) < 4.78 is 6.14. The molecule has 1 aromatic carbocycles. The van der Waals surface area contributed by atoms with Crippen molar-refractivity contribution in [2.24, 2.45) is 0 Å². The van der Waals surface area contributed by atoms with Gasteiger partial charge in [0.25, 0.3) is 5.91 Å². The molecule has 1 aromatic heterocycles. The van der Waals surface area contributed by atoms with Crippen LogP contribution in [0.4, 0.5) is 0 Å². The Morgan fingerprint density at radius 2 is 1.90 bits per heavy atom. The van der Waals surface area contributed by atoms with Gasteiger partial charge in [0, 0.05) is 21.7 Å². The van der Waals surface area contributed by atoms with Crippen molar-refractivity contribution in [2.45, 2.75) is 0 Å². The first-order valence-electron chi connectivity index (χ1n) is 5.82. The third kappa shape index (κ3) is 3.32. The van der Waals surface area contributed by atoms with Gasteiger partial charge in [0.15, 0.2) is 0 Å². The third-order valence-electron chi connectivity index (χ3n) is 2.69. The fraction of sp³-hybridized carbons (Fsp3) is 0. The lowest BCUT2D eigenvalue weighted by atomic mass is 10.2. The van der Waals surface area contributed by atoms with Crippen molar-refractivity contribution >= 4 is 63.5 Å². The Morgan fingerprint density at radius 3 is 2.52 bits per heavy atom. The summed E-state index contributed by atoms with van der Waals surface area (Å²) in [5.74, 6) is 0.967. The SMILES string of the molecule is O=C1NC(=S)S/C1=C\c1ccc(-c2cc(Cl)cc(Cl)c2)o1. The van der Waals surface area contributed by atoms with E-state index in [1.165, 1.54) is 11.8 Å². The largest absolute Gasteiger partial charge is 0.457 e. The summed E-state index contributed by atoms with van der Waals surface area (Å²) in [6.45, 7) is 0. The number of carbonyl (C=O) groups is 1. The molecule has 3 nitrogen and oxygen atoms in total. The molecule has 3 rings (SSSR count). The first kappa shape index (κ1) is 14.7. The van der Waals surface area contributed by atoms with Crippen molar-refractivity contribution in [2.75, 3.05) is 0 Å². The molecule has 1 saturated heterocycles. The minimum absolute atomic E-state index is 0.214. The van der Waals surface area contributed by atoms with E-state index < -0.39 is 0 Å². The molecule has 0 unspecified atom stereocenters.